The molecule has 72 valence electrons. The van der Waals surface area contributed by atoms with Crippen LogP contribution < -0.4 is 10.6 Å². The molecule has 2 heterocycles. The van der Waals surface area contributed by atoms with Crippen molar-refractivity contribution in [3.05, 3.63) is 15.8 Å². The van der Waals surface area contributed by atoms with Gasteiger partial charge in [0, 0.05) is 23.8 Å². The molecule has 1 aromatic heterocycles. The van der Waals surface area contributed by atoms with Crippen molar-refractivity contribution in [3.63, 3.8) is 0 Å². The summed E-state index contributed by atoms with van der Waals surface area (Å²) in [7, 11) is 2.18. The molecular weight excluding hydrogens is 180 g/mol. The van der Waals surface area contributed by atoms with Gasteiger partial charge in [-0.05, 0) is 31.4 Å². The van der Waals surface area contributed by atoms with Gasteiger partial charge in [0.05, 0.1) is 5.69 Å². The Hall–Kier alpha value is -0.540. The van der Waals surface area contributed by atoms with Gasteiger partial charge in [-0.1, -0.05) is 0 Å². The average molecular weight is 196 g/mol. The Kier molecular flexibility index (Phi) is 2.56. The van der Waals surface area contributed by atoms with E-state index in [2.05, 4.69) is 17.3 Å². The minimum atomic E-state index is 0.774. The van der Waals surface area contributed by atoms with Crippen LogP contribution in [0.4, 0.5) is 5.69 Å². The molecule has 0 saturated carbocycles. The van der Waals surface area contributed by atoms with E-state index in [1.807, 2.05) is 11.3 Å². The summed E-state index contributed by atoms with van der Waals surface area (Å²) in [6.07, 6.45) is 3.59. The van der Waals surface area contributed by atoms with Gasteiger partial charge in [0.15, 0.2) is 0 Å². The second-order valence-corrected chi connectivity index (χ2v) is 4.55. The third-order valence-electron chi connectivity index (χ3n) is 2.66. The molecule has 0 atom stereocenters. The van der Waals surface area contributed by atoms with E-state index < -0.39 is 0 Å². The Labute approximate surface area is 83.4 Å². The van der Waals surface area contributed by atoms with Gasteiger partial charge in [-0.25, -0.2) is 0 Å². The van der Waals surface area contributed by atoms with Gasteiger partial charge in [-0.15, -0.1) is 11.3 Å². The zero-order chi connectivity index (χ0) is 9.26. The maximum atomic E-state index is 5.58. The topological polar surface area (TPSA) is 29.3 Å². The molecule has 2 N–H and O–H groups in total. The largest absolute Gasteiger partial charge is 0.374 e. The van der Waals surface area contributed by atoms with Gasteiger partial charge >= 0.3 is 0 Å². The summed E-state index contributed by atoms with van der Waals surface area (Å²) in [5, 5.41) is 2.28. The molecule has 0 aromatic carbocycles. The van der Waals surface area contributed by atoms with Gasteiger partial charge < -0.3 is 10.6 Å². The molecule has 1 aliphatic heterocycles. The lowest BCUT2D eigenvalue weighted by Crippen LogP contribution is -2.24. The zero-order valence-corrected chi connectivity index (χ0v) is 8.86. The van der Waals surface area contributed by atoms with Crippen molar-refractivity contribution in [2.45, 2.75) is 19.3 Å². The third kappa shape index (κ3) is 1.58. The normalized spacial score (nSPS) is 16.0. The fraction of sp³-hybridized carbons (Fsp3) is 0.600. The molecule has 0 radical (unpaired) electrons. The molecule has 0 spiro atoms. The lowest BCUT2D eigenvalue weighted by molar-refractivity contribution is 0.741. The summed E-state index contributed by atoms with van der Waals surface area (Å²) in [5.74, 6) is 0. The first-order valence-corrected chi connectivity index (χ1v) is 5.71. The van der Waals surface area contributed by atoms with Crippen LogP contribution in [0.1, 0.15) is 16.9 Å². The van der Waals surface area contributed by atoms with Crippen LogP contribution in [-0.2, 0) is 12.8 Å². The van der Waals surface area contributed by atoms with E-state index in [4.69, 9.17) is 5.73 Å². The first kappa shape index (κ1) is 9.03. The number of nitrogens with zero attached hydrogens (tertiary/aromatic N) is 1. The summed E-state index contributed by atoms with van der Waals surface area (Å²) in [6.45, 7) is 1.97. The molecule has 2 nitrogen and oxygen atoms in total. The average Bonchev–Trinajstić information content (AvgIpc) is 2.51. The van der Waals surface area contributed by atoms with Crippen LogP contribution in [-0.4, -0.2) is 20.1 Å². The van der Waals surface area contributed by atoms with Crippen LogP contribution >= 0.6 is 11.3 Å². The van der Waals surface area contributed by atoms with Crippen LogP contribution in [0.2, 0.25) is 0 Å². The molecule has 13 heavy (non-hydrogen) atoms. The molecule has 2 rings (SSSR count). The van der Waals surface area contributed by atoms with E-state index in [1.165, 1.54) is 30.0 Å². The van der Waals surface area contributed by atoms with Gasteiger partial charge in [0.1, 0.15) is 0 Å². The van der Waals surface area contributed by atoms with E-state index >= 15 is 0 Å². The Morgan fingerprint density at radius 2 is 2.46 bits per heavy atom. The highest BCUT2D eigenvalue weighted by Crippen LogP contribution is 2.34. The van der Waals surface area contributed by atoms with Crippen molar-refractivity contribution in [3.8, 4) is 0 Å². The van der Waals surface area contributed by atoms with Gasteiger partial charge in [-0.2, -0.15) is 0 Å². The van der Waals surface area contributed by atoms with Crippen LogP contribution in [0.5, 0.6) is 0 Å². The highest BCUT2D eigenvalue weighted by molar-refractivity contribution is 7.10. The lowest BCUT2D eigenvalue weighted by Gasteiger charge is -2.25. The first-order valence-electron chi connectivity index (χ1n) is 4.83. The minimum Gasteiger partial charge on any atom is -0.374 e. The molecule has 0 bridgehead atoms. The molecule has 1 aromatic rings. The number of thiophene rings is 1. The van der Waals surface area contributed by atoms with Gasteiger partial charge in [0.25, 0.3) is 0 Å². The number of rotatable bonds is 2. The number of fused-ring (bicyclic) bond motifs is 1. The van der Waals surface area contributed by atoms with Gasteiger partial charge in [-0.3, -0.25) is 0 Å². The summed E-state index contributed by atoms with van der Waals surface area (Å²) >= 11 is 1.87. The van der Waals surface area contributed by atoms with Crippen LogP contribution in [0, 0.1) is 0 Å². The molecule has 0 unspecified atom stereocenters. The standard InChI is InChI=1S/C10H16N2S/c1-12-6-2-3-8-9(12)7-13-10(8)4-5-11/h7H,2-6,11H2,1H3. The summed E-state index contributed by atoms with van der Waals surface area (Å²) < 4.78 is 0. The second kappa shape index (κ2) is 3.68. The molecule has 0 aliphatic carbocycles. The number of hydrogen-bond donors (Lipinski definition) is 1. The summed E-state index contributed by atoms with van der Waals surface area (Å²) in [5.41, 5.74) is 8.58. The van der Waals surface area contributed by atoms with Crippen molar-refractivity contribution in [2.24, 2.45) is 5.73 Å². The first-order chi connectivity index (χ1) is 6.33. The van der Waals surface area contributed by atoms with E-state index in [0.717, 1.165) is 13.0 Å². The molecule has 0 amide bonds. The van der Waals surface area contributed by atoms with Crippen molar-refractivity contribution in [1.82, 2.24) is 0 Å². The van der Waals surface area contributed by atoms with E-state index in [0.29, 0.717) is 0 Å². The molecule has 1 aliphatic rings. The van der Waals surface area contributed by atoms with E-state index in [-0.39, 0.29) is 0 Å². The van der Waals surface area contributed by atoms with Gasteiger partial charge in [0.2, 0.25) is 0 Å². The fourth-order valence-corrected chi connectivity index (χ4v) is 3.11. The Balaban J connectivity index is 2.30. The third-order valence-corrected chi connectivity index (χ3v) is 3.74. The SMILES string of the molecule is CN1CCCc2c1csc2CCN. The Morgan fingerprint density at radius 1 is 1.62 bits per heavy atom. The van der Waals surface area contributed by atoms with E-state index in [1.54, 1.807) is 5.56 Å². The van der Waals surface area contributed by atoms with Crippen molar-refractivity contribution < 1.29 is 0 Å². The molecule has 3 heteroatoms. The Morgan fingerprint density at radius 3 is 3.23 bits per heavy atom. The molecule has 0 fully saturated rings. The quantitative estimate of drug-likeness (QED) is 0.779. The van der Waals surface area contributed by atoms with E-state index in [9.17, 15) is 0 Å². The fourth-order valence-electron chi connectivity index (χ4n) is 1.95. The number of hydrogen-bond acceptors (Lipinski definition) is 3. The predicted octanol–water partition coefficient (Wildman–Crippen LogP) is 1.63. The lowest BCUT2D eigenvalue weighted by atomic mass is 10.0. The number of nitrogens with two attached hydrogens (primary N) is 1. The minimum absolute atomic E-state index is 0.774. The second-order valence-electron chi connectivity index (χ2n) is 3.59. The highest BCUT2D eigenvalue weighted by atomic mass is 32.1. The maximum Gasteiger partial charge on any atom is 0.0507 e. The Bertz CT molecular complexity index is 293. The molecule has 0 saturated heterocycles. The summed E-state index contributed by atoms with van der Waals surface area (Å²) in [4.78, 5) is 3.86. The van der Waals surface area contributed by atoms with Crippen LogP contribution in [0.3, 0.4) is 0 Å². The monoisotopic (exact) mass is 196 g/mol. The predicted molar refractivity (Wildman–Crippen MR) is 58.7 cm³/mol. The van der Waals surface area contributed by atoms with Crippen LogP contribution in [0.15, 0.2) is 5.38 Å². The maximum absolute atomic E-state index is 5.58. The number of anilines is 1. The van der Waals surface area contributed by atoms with Crippen molar-refractivity contribution in [1.29, 1.82) is 0 Å². The zero-order valence-electron chi connectivity index (χ0n) is 8.05. The smallest absolute Gasteiger partial charge is 0.0507 e. The van der Waals surface area contributed by atoms with Crippen molar-refractivity contribution >= 4 is 17.0 Å². The summed E-state index contributed by atoms with van der Waals surface area (Å²) in [6, 6.07) is 0. The molecular formula is C10H16N2S. The van der Waals surface area contributed by atoms with Crippen molar-refractivity contribution in [2.75, 3.05) is 25.0 Å². The highest BCUT2D eigenvalue weighted by Gasteiger charge is 2.17. The van der Waals surface area contributed by atoms with Crippen LogP contribution in [0.25, 0.3) is 0 Å².